The van der Waals surface area contributed by atoms with Crippen molar-refractivity contribution in [1.82, 2.24) is 19.5 Å². The first-order valence-electron chi connectivity index (χ1n) is 15.6. The van der Waals surface area contributed by atoms with Crippen molar-refractivity contribution in [3.8, 4) is 0 Å². The average Bonchev–Trinajstić information content (AvgIpc) is 3.72. The fraction of sp³-hybridized carbons (Fsp3) is 0.132. The quantitative estimate of drug-likeness (QED) is 0.143. The second kappa shape index (κ2) is 12.3. The topological polar surface area (TPSA) is 188 Å². The summed E-state index contributed by atoms with van der Waals surface area (Å²) in [7, 11) is 0. The number of ketones is 4. The number of imidazole rings is 1. The van der Waals surface area contributed by atoms with E-state index in [0.29, 0.717) is 0 Å². The number of aromatic nitrogens is 4. The predicted octanol–water partition coefficient (Wildman–Crippen LogP) is 3.70. The highest BCUT2D eigenvalue weighted by atomic mass is 16.6. The smallest absolute Gasteiger partial charge is 0.251 e. The molecule has 4 N–H and O–H groups in total. The number of nitrogen functional groups attached to an aromatic ring is 1. The van der Waals surface area contributed by atoms with E-state index in [2.05, 4.69) is 15.0 Å². The lowest BCUT2D eigenvalue weighted by Crippen LogP contribution is -2.72. The number of Topliss-reactive ketones (excluding diaryl/α,β-unsaturated/α-hetero) is 4. The van der Waals surface area contributed by atoms with E-state index in [1.807, 2.05) is 0 Å². The molecule has 0 saturated carbocycles. The van der Waals surface area contributed by atoms with Crippen LogP contribution in [0.2, 0.25) is 0 Å². The maximum atomic E-state index is 15.4. The molecule has 0 unspecified atom stereocenters. The van der Waals surface area contributed by atoms with Gasteiger partial charge in [0.15, 0.2) is 28.4 Å². The number of fused-ring (bicyclic) bond motifs is 1. The Labute approximate surface area is 284 Å². The fourth-order valence-electron chi connectivity index (χ4n) is 6.97. The molecule has 0 bridgehead atoms. The third-order valence-electron chi connectivity index (χ3n) is 9.22. The minimum Gasteiger partial charge on any atom is -0.394 e. The molecule has 1 aliphatic heterocycles. The van der Waals surface area contributed by atoms with Crippen molar-refractivity contribution in [2.45, 2.75) is 17.4 Å². The molecule has 12 heteroatoms. The van der Waals surface area contributed by atoms with E-state index in [0.717, 1.165) is 17.2 Å². The number of nitrogens with two attached hydrogens (primary N) is 1. The predicted molar refractivity (Wildman–Crippen MR) is 180 cm³/mol. The number of benzene rings is 4. The van der Waals surface area contributed by atoms with Crippen molar-refractivity contribution >= 4 is 40.1 Å². The van der Waals surface area contributed by atoms with Crippen molar-refractivity contribution in [2.75, 3.05) is 12.3 Å². The zero-order valence-electron chi connectivity index (χ0n) is 26.3. The van der Waals surface area contributed by atoms with Gasteiger partial charge >= 0.3 is 0 Å². The van der Waals surface area contributed by atoms with Crippen LogP contribution in [0.3, 0.4) is 0 Å². The normalized spacial score (nSPS) is 21.1. The minimum absolute atomic E-state index is 0.0207. The Hall–Kier alpha value is -6.21. The largest absolute Gasteiger partial charge is 0.394 e. The van der Waals surface area contributed by atoms with Crippen molar-refractivity contribution < 1.29 is 34.1 Å². The van der Waals surface area contributed by atoms with Gasteiger partial charge in [0.25, 0.3) is 5.72 Å². The summed E-state index contributed by atoms with van der Waals surface area (Å²) in [6.07, 6.45) is 0.166. The van der Waals surface area contributed by atoms with E-state index < -0.39 is 52.6 Å². The number of hydrogen-bond donors (Lipinski definition) is 3. The molecule has 12 nitrogen and oxygen atoms in total. The maximum Gasteiger partial charge on any atom is 0.251 e. The molecular weight excluding hydrogens is 638 g/mol. The minimum atomic E-state index is -3.45. The summed E-state index contributed by atoms with van der Waals surface area (Å²) in [6, 6.07) is 30.1. The van der Waals surface area contributed by atoms with Gasteiger partial charge in [0.2, 0.25) is 17.2 Å². The number of aliphatic hydroxyl groups excluding tert-OH is 1. The van der Waals surface area contributed by atoms with Crippen molar-refractivity contribution in [2.24, 2.45) is 5.41 Å². The van der Waals surface area contributed by atoms with Gasteiger partial charge in [-0.05, 0) is 0 Å². The lowest BCUT2D eigenvalue weighted by Gasteiger charge is -2.45. The molecule has 248 valence electrons. The van der Waals surface area contributed by atoms with Gasteiger partial charge in [0, 0.05) is 22.3 Å². The molecule has 1 aliphatic rings. The van der Waals surface area contributed by atoms with E-state index in [9.17, 15) is 10.2 Å². The second-order valence-electron chi connectivity index (χ2n) is 11.8. The van der Waals surface area contributed by atoms with Crippen LogP contribution in [0.5, 0.6) is 0 Å². The summed E-state index contributed by atoms with van der Waals surface area (Å²) in [5.41, 5.74) is -3.92. The van der Waals surface area contributed by atoms with Gasteiger partial charge in [-0.3, -0.25) is 23.7 Å². The van der Waals surface area contributed by atoms with Crippen LogP contribution in [0, 0.1) is 5.41 Å². The van der Waals surface area contributed by atoms with Gasteiger partial charge in [-0.1, -0.05) is 121 Å². The van der Waals surface area contributed by atoms with Gasteiger partial charge in [-0.15, -0.1) is 0 Å². The Bertz CT molecular complexity index is 2200. The first-order chi connectivity index (χ1) is 24.2. The molecule has 3 heterocycles. The van der Waals surface area contributed by atoms with E-state index in [1.165, 1.54) is 60.7 Å². The molecule has 1 saturated heterocycles. The van der Waals surface area contributed by atoms with Crippen LogP contribution in [-0.4, -0.2) is 71.2 Å². The molecule has 0 amide bonds. The van der Waals surface area contributed by atoms with Crippen LogP contribution in [0.25, 0.3) is 11.2 Å². The molecule has 1 fully saturated rings. The van der Waals surface area contributed by atoms with E-state index in [-0.39, 0.29) is 39.2 Å². The number of carbonyl (C=O) groups excluding carboxylic acids is 4. The first-order valence-corrected chi connectivity index (χ1v) is 15.6. The monoisotopic (exact) mass is 667 g/mol. The highest BCUT2D eigenvalue weighted by molar-refractivity contribution is 6.28. The molecule has 6 aromatic rings. The Morgan fingerprint density at radius 3 is 1.56 bits per heavy atom. The van der Waals surface area contributed by atoms with Gasteiger partial charge in [0.1, 0.15) is 24.3 Å². The molecular formula is C38H29N5O7. The molecule has 0 spiro atoms. The SMILES string of the molecule is Nc1ncnc2c1ncn2[C@]1(C(=O)c2ccccc2)O[C@H](CO)C(C(=O)c2ccccc2)(C(=O)c2ccccc2)[C@]1(O)C(=O)c1ccccc1. The van der Waals surface area contributed by atoms with Gasteiger partial charge in [0.05, 0.1) is 6.61 Å². The van der Waals surface area contributed by atoms with E-state index in [1.54, 1.807) is 60.7 Å². The zero-order chi connectivity index (χ0) is 35.1. The van der Waals surface area contributed by atoms with Crippen LogP contribution < -0.4 is 5.73 Å². The Morgan fingerprint density at radius 1 is 0.660 bits per heavy atom. The zero-order valence-corrected chi connectivity index (χ0v) is 26.3. The lowest BCUT2D eigenvalue weighted by molar-refractivity contribution is -0.139. The Kier molecular flexibility index (Phi) is 7.99. The number of rotatable bonds is 10. The average molecular weight is 668 g/mol. The standard InChI is InChI=1S/C38H29N5O7/c39-34-29-35(41-22-40-34)43(23-42-29)38(33(48)27-19-11-4-12-20-27)37(49,32(47)26-17-9-3-10-18-26)36(28(21-44)50-38,30(45)24-13-5-1-6-14-24)31(46)25-15-7-2-8-16-25/h1-20,22-23,28,44,49H,21H2,(H2,39,40,41)/t28-,37-,38-/m1/s1. The van der Waals surface area contributed by atoms with Gasteiger partial charge in [-0.25, -0.2) is 15.0 Å². The van der Waals surface area contributed by atoms with Crippen LogP contribution in [0.15, 0.2) is 134 Å². The van der Waals surface area contributed by atoms with Crippen molar-refractivity contribution in [3.63, 3.8) is 0 Å². The summed E-state index contributed by atoms with van der Waals surface area (Å²) in [6.45, 7) is -1.09. The Balaban J connectivity index is 1.70. The van der Waals surface area contributed by atoms with Crippen molar-refractivity contribution in [1.29, 1.82) is 0 Å². The van der Waals surface area contributed by atoms with Gasteiger partial charge in [-0.2, -0.15) is 0 Å². The third kappa shape index (κ3) is 4.39. The summed E-state index contributed by atoms with van der Waals surface area (Å²) < 4.78 is 7.57. The third-order valence-corrected chi connectivity index (χ3v) is 9.22. The molecule has 3 atom stereocenters. The summed E-state index contributed by atoms with van der Waals surface area (Å²) >= 11 is 0. The van der Waals surface area contributed by atoms with Crippen LogP contribution in [0.1, 0.15) is 41.4 Å². The van der Waals surface area contributed by atoms with Crippen molar-refractivity contribution in [3.05, 3.63) is 156 Å². The Morgan fingerprint density at radius 2 is 1.10 bits per heavy atom. The molecule has 0 radical (unpaired) electrons. The molecule has 4 aromatic carbocycles. The highest BCUT2D eigenvalue weighted by Crippen LogP contribution is 2.60. The molecule has 0 aliphatic carbocycles. The number of ether oxygens (including phenoxy) is 1. The van der Waals surface area contributed by atoms with Crippen LogP contribution in [-0.2, 0) is 10.5 Å². The lowest BCUT2D eigenvalue weighted by atomic mass is 9.56. The van der Waals surface area contributed by atoms with Crippen LogP contribution >= 0.6 is 0 Å². The second-order valence-corrected chi connectivity index (χ2v) is 11.8. The number of hydrogen-bond acceptors (Lipinski definition) is 11. The van der Waals surface area contributed by atoms with Crippen LogP contribution in [0.4, 0.5) is 5.82 Å². The molecule has 7 rings (SSSR count). The highest BCUT2D eigenvalue weighted by Gasteiger charge is 2.85. The molecule has 50 heavy (non-hydrogen) atoms. The summed E-state index contributed by atoms with van der Waals surface area (Å²) in [4.78, 5) is 74.0. The number of anilines is 1. The van der Waals surface area contributed by atoms with Gasteiger partial charge < -0.3 is 20.7 Å². The maximum absolute atomic E-state index is 15.4. The summed E-state index contributed by atoms with van der Waals surface area (Å²) in [5, 5.41) is 25.0. The fourth-order valence-corrected chi connectivity index (χ4v) is 6.97. The number of nitrogens with zero attached hydrogens (tertiary/aromatic N) is 4. The molecule has 2 aromatic heterocycles. The first kappa shape index (κ1) is 32.3. The van der Waals surface area contributed by atoms with E-state index >= 15 is 19.2 Å². The number of aliphatic hydroxyl groups is 2. The number of carbonyl (C=O) groups is 4. The summed E-state index contributed by atoms with van der Waals surface area (Å²) in [5.74, 6) is -4.49. The van der Waals surface area contributed by atoms with E-state index in [4.69, 9.17) is 10.5 Å².